The first-order chi connectivity index (χ1) is 15.7. The predicted molar refractivity (Wildman–Crippen MR) is 141 cm³/mol. The van der Waals surface area contributed by atoms with E-state index in [0.29, 0.717) is 12.0 Å². The minimum atomic E-state index is -1.44. The van der Waals surface area contributed by atoms with Gasteiger partial charge in [0.1, 0.15) is 11.3 Å². The summed E-state index contributed by atoms with van der Waals surface area (Å²) in [6.45, 7) is 16.2. The van der Waals surface area contributed by atoms with Crippen molar-refractivity contribution >= 4 is 32.9 Å². The highest BCUT2D eigenvalue weighted by Crippen LogP contribution is 2.41. The summed E-state index contributed by atoms with van der Waals surface area (Å²) in [6, 6.07) is 12.5. The number of alkyl halides is 1. The molecule has 0 radical (unpaired) electrons. The van der Waals surface area contributed by atoms with Crippen molar-refractivity contribution in [3.05, 3.63) is 89.3 Å². The van der Waals surface area contributed by atoms with E-state index in [1.807, 2.05) is 45.2 Å². The molecule has 0 spiro atoms. The molecule has 4 rings (SSSR count). The summed E-state index contributed by atoms with van der Waals surface area (Å²) in [5, 5.41) is 3.04. The Labute approximate surface area is 196 Å². The van der Waals surface area contributed by atoms with Crippen molar-refractivity contribution < 1.29 is 4.39 Å². The number of imidazole rings is 1. The van der Waals surface area contributed by atoms with Gasteiger partial charge in [0.05, 0.1) is 17.4 Å². The number of halogens is 1. The zero-order valence-electron chi connectivity index (χ0n) is 20.6. The predicted octanol–water partition coefficient (Wildman–Crippen LogP) is 8.86. The zero-order valence-corrected chi connectivity index (χ0v) is 20.6. The lowest BCUT2D eigenvalue weighted by Crippen LogP contribution is -2.15. The Morgan fingerprint density at radius 2 is 1.94 bits per heavy atom. The second-order valence-corrected chi connectivity index (χ2v) is 9.34. The number of benzene rings is 2. The molecule has 33 heavy (non-hydrogen) atoms. The number of allylic oxidation sites excluding steroid dienone is 5. The van der Waals surface area contributed by atoms with Gasteiger partial charge in [0.2, 0.25) is 0 Å². The maximum absolute atomic E-state index is 16.0. The second kappa shape index (κ2) is 8.62. The van der Waals surface area contributed by atoms with Gasteiger partial charge in [-0.1, -0.05) is 61.9 Å². The summed E-state index contributed by atoms with van der Waals surface area (Å²) in [5.41, 5.74) is 6.45. The fourth-order valence-electron chi connectivity index (χ4n) is 5.16. The molecule has 0 saturated carbocycles. The molecule has 2 nitrogen and oxygen atoms in total. The van der Waals surface area contributed by atoms with E-state index in [-0.39, 0.29) is 0 Å². The molecule has 0 bridgehead atoms. The van der Waals surface area contributed by atoms with Crippen LogP contribution in [0.1, 0.15) is 64.3 Å². The highest BCUT2D eigenvalue weighted by molar-refractivity contribution is 6.14. The van der Waals surface area contributed by atoms with Crippen molar-refractivity contribution in [2.24, 2.45) is 0 Å². The molecule has 2 heterocycles. The molecule has 2 aromatic carbocycles. The molecular formula is C30H33FN2. The van der Waals surface area contributed by atoms with Crippen molar-refractivity contribution in [2.45, 2.75) is 60.1 Å². The smallest absolute Gasteiger partial charge is 0.146 e. The van der Waals surface area contributed by atoms with Gasteiger partial charge in [-0.25, -0.2) is 9.37 Å². The van der Waals surface area contributed by atoms with Gasteiger partial charge in [0.15, 0.2) is 0 Å². The van der Waals surface area contributed by atoms with Gasteiger partial charge in [-0.2, -0.15) is 0 Å². The first-order valence-electron chi connectivity index (χ1n) is 11.7. The van der Waals surface area contributed by atoms with Gasteiger partial charge < -0.3 is 0 Å². The Hall–Kier alpha value is -3.20. The van der Waals surface area contributed by atoms with E-state index >= 15 is 4.39 Å². The molecule has 0 saturated heterocycles. The Morgan fingerprint density at radius 1 is 1.18 bits per heavy atom. The van der Waals surface area contributed by atoms with Crippen LogP contribution in [0, 0.1) is 6.92 Å². The molecule has 0 fully saturated rings. The van der Waals surface area contributed by atoms with E-state index in [2.05, 4.69) is 55.2 Å². The van der Waals surface area contributed by atoms with Crippen LogP contribution in [0.15, 0.2) is 72.5 Å². The van der Waals surface area contributed by atoms with Crippen LogP contribution < -0.4 is 0 Å². The van der Waals surface area contributed by atoms with Crippen LogP contribution in [-0.2, 0) is 5.67 Å². The summed E-state index contributed by atoms with van der Waals surface area (Å²) in [7, 11) is 0. The van der Waals surface area contributed by atoms with Crippen molar-refractivity contribution in [1.82, 2.24) is 9.38 Å². The number of hydrogen-bond acceptors (Lipinski definition) is 1. The standard InChI is InChI=1S/C30H33FN2/c1-8-11-21(6)27(19(3)4)26-18-32-29-28-22(12-10-13-24(28)30(7,31)16-9-2)23-17-20(5)14-15-25(23)33(26)29/h8,10-15,17-18H,3,9,16H2,1-2,4-7H3/b11-8-,27-21+. The third-order valence-corrected chi connectivity index (χ3v) is 6.51. The van der Waals surface area contributed by atoms with Crippen LogP contribution >= 0.6 is 0 Å². The van der Waals surface area contributed by atoms with Crippen LogP contribution in [-0.4, -0.2) is 9.38 Å². The Kier molecular flexibility index (Phi) is 6.00. The molecule has 1 atom stereocenters. The first-order valence-corrected chi connectivity index (χ1v) is 11.7. The topological polar surface area (TPSA) is 17.3 Å². The number of hydrogen-bond donors (Lipinski definition) is 0. The molecule has 0 N–H and O–H groups in total. The lowest BCUT2D eigenvalue weighted by molar-refractivity contribution is 0.177. The van der Waals surface area contributed by atoms with Crippen LogP contribution in [0.5, 0.6) is 0 Å². The quantitative estimate of drug-likeness (QED) is 0.216. The van der Waals surface area contributed by atoms with Gasteiger partial charge in [0, 0.05) is 21.9 Å². The molecule has 0 amide bonds. The molecule has 0 aliphatic heterocycles. The molecule has 0 aliphatic carbocycles. The summed E-state index contributed by atoms with van der Waals surface area (Å²) in [5.74, 6) is 0. The largest absolute Gasteiger partial charge is 0.292 e. The van der Waals surface area contributed by atoms with Crippen molar-refractivity contribution in [3.8, 4) is 0 Å². The Morgan fingerprint density at radius 3 is 2.61 bits per heavy atom. The van der Waals surface area contributed by atoms with Crippen LogP contribution in [0.2, 0.25) is 0 Å². The minimum absolute atomic E-state index is 0.467. The van der Waals surface area contributed by atoms with Crippen LogP contribution in [0.4, 0.5) is 4.39 Å². The number of aryl methyl sites for hydroxylation is 1. The van der Waals surface area contributed by atoms with Gasteiger partial charge in [-0.3, -0.25) is 4.40 Å². The van der Waals surface area contributed by atoms with E-state index in [1.54, 1.807) is 6.92 Å². The van der Waals surface area contributed by atoms with Crippen LogP contribution in [0.3, 0.4) is 0 Å². The number of nitrogens with zero attached hydrogens (tertiary/aromatic N) is 2. The van der Waals surface area contributed by atoms with Gasteiger partial charge in [-0.05, 0) is 69.7 Å². The van der Waals surface area contributed by atoms with Crippen molar-refractivity contribution in [2.75, 3.05) is 0 Å². The normalized spacial score (nSPS) is 14.9. The molecule has 3 heteroatoms. The molecule has 170 valence electrons. The first kappa shape index (κ1) is 23.0. The lowest BCUT2D eigenvalue weighted by Gasteiger charge is -2.23. The molecule has 1 unspecified atom stereocenters. The SMILES string of the molecule is C=C(C)/C(=C(C)\C=C/C)c1cnc2c3c(C(C)(F)CCC)cccc3c3cc(C)ccc3n12. The average molecular weight is 441 g/mol. The maximum Gasteiger partial charge on any atom is 0.146 e. The van der Waals surface area contributed by atoms with E-state index in [9.17, 15) is 0 Å². The Balaban J connectivity index is 2.27. The molecule has 0 aliphatic rings. The number of rotatable bonds is 6. The Bertz CT molecular complexity index is 1450. The molecular weight excluding hydrogens is 407 g/mol. The third-order valence-electron chi connectivity index (χ3n) is 6.51. The highest BCUT2D eigenvalue weighted by Gasteiger charge is 2.29. The van der Waals surface area contributed by atoms with E-state index < -0.39 is 5.67 Å². The summed E-state index contributed by atoms with van der Waals surface area (Å²) < 4.78 is 18.2. The monoisotopic (exact) mass is 440 g/mol. The van der Waals surface area contributed by atoms with Crippen molar-refractivity contribution in [3.63, 3.8) is 0 Å². The summed E-state index contributed by atoms with van der Waals surface area (Å²) in [4.78, 5) is 4.90. The van der Waals surface area contributed by atoms with E-state index in [0.717, 1.165) is 56.2 Å². The highest BCUT2D eigenvalue weighted by atomic mass is 19.1. The van der Waals surface area contributed by atoms with E-state index in [4.69, 9.17) is 4.98 Å². The fourth-order valence-corrected chi connectivity index (χ4v) is 5.16. The average Bonchev–Trinajstić information content (AvgIpc) is 3.18. The maximum atomic E-state index is 16.0. The fraction of sp³-hybridized carbons (Fsp3) is 0.300. The third kappa shape index (κ3) is 3.80. The molecule has 4 aromatic rings. The number of fused-ring (bicyclic) bond motifs is 6. The minimum Gasteiger partial charge on any atom is -0.292 e. The molecule has 2 aromatic heterocycles. The summed E-state index contributed by atoms with van der Waals surface area (Å²) in [6.07, 6.45) is 7.29. The van der Waals surface area contributed by atoms with Gasteiger partial charge in [0.25, 0.3) is 0 Å². The number of aromatic nitrogens is 2. The van der Waals surface area contributed by atoms with Crippen molar-refractivity contribution in [1.29, 1.82) is 0 Å². The van der Waals surface area contributed by atoms with Gasteiger partial charge in [-0.15, -0.1) is 0 Å². The lowest BCUT2D eigenvalue weighted by atomic mass is 9.88. The summed E-state index contributed by atoms with van der Waals surface area (Å²) >= 11 is 0. The zero-order chi connectivity index (χ0) is 23.9. The number of pyridine rings is 1. The van der Waals surface area contributed by atoms with E-state index in [1.165, 1.54) is 5.56 Å². The second-order valence-electron chi connectivity index (χ2n) is 9.34. The van der Waals surface area contributed by atoms with Gasteiger partial charge >= 0.3 is 0 Å². The van der Waals surface area contributed by atoms with Crippen LogP contribution in [0.25, 0.3) is 32.9 Å².